The minimum Gasteiger partial charge on any atom is -0.383 e. The second kappa shape index (κ2) is 10.8. The largest absolute Gasteiger partial charge is 0.383 e. The first kappa shape index (κ1) is 23.2. The molecule has 0 aromatic heterocycles. The van der Waals surface area contributed by atoms with Gasteiger partial charge in [-0.1, -0.05) is 35.9 Å². The van der Waals surface area contributed by atoms with Crippen molar-refractivity contribution in [1.29, 1.82) is 0 Å². The Morgan fingerprint density at radius 2 is 1.88 bits per heavy atom. The van der Waals surface area contributed by atoms with Crippen molar-refractivity contribution in [2.45, 2.75) is 50.1 Å². The van der Waals surface area contributed by atoms with Crippen LogP contribution in [0.25, 0.3) is 0 Å². The molecule has 4 atom stereocenters. The maximum Gasteiger partial charge on any atom is 0.223 e. The molecule has 2 aromatic carbocycles. The summed E-state index contributed by atoms with van der Waals surface area (Å²) >= 11 is 6.14. The molecule has 6 heteroatoms. The normalized spacial score (nSPS) is 25.6. The summed E-state index contributed by atoms with van der Waals surface area (Å²) in [5.41, 5.74) is 2.32. The smallest absolute Gasteiger partial charge is 0.223 e. The molecule has 1 aliphatic carbocycles. The zero-order valence-corrected chi connectivity index (χ0v) is 19.4. The molecule has 2 aliphatic rings. The molecule has 2 fully saturated rings. The fourth-order valence-corrected chi connectivity index (χ4v) is 5.69. The SMILES string of the molecule is COCCN1C(=O)C[C@H](c2ccc(Cl)cc2)[C@H]2[C@@H](NCCc3ccc(F)cc3)CCC[C@H]21. The van der Waals surface area contributed by atoms with Crippen molar-refractivity contribution < 1.29 is 13.9 Å². The maximum atomic E-state index is 13.2. The Morgan fingerprint density at radius 1 is 1.12 bits per heavy atom. The molecule has 2 aromatic rings. The summed E-state index contributed by atoms with van der Waals surface area (Å²) in [6.07, 6.45) is 4.59. The van der Waals surface area contributed by atoms with E-state index in [1.807, 2.05) is 24.3 Å². The standard InChI is InChI=1S/C26H32ClFN2O2/c1-32-16-15-30-24-4-2-3-23(29-14-13-18-5-11-21(28)12-6-18)26(24)22(17-25(30)31)19-7-9-20(27)10-8-19/h5-12,22-24,26,29H,2-4,13-17H2,1H3/t22-,23+,24-,26+/m1/s1. The molecule has 1 heterocycles. The summed E-state index contributed by atoms with van der Waals surface area (Å²) in [6, 6.07) is 15.3. The number of piperidine rings is 1. The van der Waals surface area contributed by atoms with Crippen LogP contribution in [0.4, 0.5) is 4.39 Å². The topological polar surface area (TPSA) is 41.6 Å². The highest BCUT2D eigenvalue weighted by atomic mass is 35.5. The van der Waals surface area contributed by atoms with Gasteiger partial charge in [0.05, 0.1) is 6.61 Å². The van der Waals surface area contributed by atoms with Crippen LogP contribution >= 0.6 is 11.6 Å². The number of rotatable bonds is 8. The lowest BCUT2D eigenvalue weighted by Crippen LogP contribution is -2.60. The number of hydrogen-bond acceptors (Lipinski definition) is 3. The third-order valence-corrected chi connectivity index (χ3v) is 7.32. The fourth-order valence-electron chi connectivity index (χ4n) is 5.56. The van der Waals surface area contributed by atoms with E-state index in [0.29, 0.717) is 36.6 Å². The van der Waals surface area contributed by atoms with E-state index in [1.54, 1.807) is 7.11 Å². The van der Waals surface area contributed by atoms with Crippen molar-refractivity contribution in [2.24, 2.45) is 5.92 Å². The van der Waals surface area contributed by atoms with Crippen molar-refractivity contribution in [3.05, 3.63) is 70.5 Å². The van der Waals surface area contributed by atoms with Gasteiger partial charge in [-0.25, -0.2) is 4.39 Å². The van der Waals surface area contributed by atoms with Crippen LogP contribution in [0.5, 0.6) is 0 Å². The minimum atomic E-state index is -0.203. The predicted octanol–water partition coefficient (Wildman–Crippen LogP) is 4.81. The first-order valence-corrected chi connectivity index (χ1v) is 12.0. The Bertz CT molecular complexity index is 890. The van der Waals surface area contributed by atoms with E-state index in [9.17, 15) is 9.18 Å². The van der Waals surface area contributed by atoms with Crippen molar-refractivity contribution in [1.82, 2.24) is 10.2 Å². The number of carbonyl (C=O) groups excluding carboxylic acids is 1. The van der Waals surface area contributed by atoms with Crippen molar-refractivity contribution in [3.63, 3.8) is 0 Å². The molecule has 32 heavy (non-hydrogen) atoms. The van der Waals surface area contributed by atoms with E-state index in [4.69, 9.17) is 16.3 Å². The summed E-state index contributed by atoms with van der Waals surface area (Å²) in [7, 11) is 1.68. The lowest BCUT2D eigenvalue weighted by atomic mass is 9.66. The summed E-state index contributed by atoms with van der Waals surface area (Å²) in [4.78, 5) is 15.2. The quantitative estimate of drug-likeness (QED) is 0.617. The zero-order chi connectivity index (χ0) is 22.5. The molecule has 4 nitrogen and oxygen atoms in total. The number of nitrogens with one attached hydrogen (secondary N) is 1. The summed E-state index contributed by atoms with van der Waals surface area (Å²) < 4.78 is 18.5. The average molecular weight is 459 g/mol. The molecule has 4 rings (SSSR count). The summed E-state index contributed by atoms with van der Waals surface area (Å²) in [5.74, 6) is 0.528. The second-order valence-electron chi connectivity index (χ2n) is 8.95. The number of halogens is 2. The number of carbonyl (C=O) groups is 1. The molecule has 1 saturated heterocycles. The number of fused-ring (bicyclic) bond motifs is 1. The van der Waals surface area contributed by atoms with Crippen LogP contribution in [0.1, 0.15) is 42.7 Å². The Morgan fingerprint density at radius 3 is 2.59 bits per heavy atom. The molecule has 1 N–H and O–H groups in total. The second-order valence-corrected chi connectivity index (χ2v) is 9.39. The van der Waals surface area contributed by atoms with Gasteiger partial charge in [0.25, 0.3) is 0 Å². The van der Waals surface area contributed by atoms with Gasteiger partial charge in [0.2, 0.25) is 5.91 Å². The highest BCUT2D eigenvalue weighted by Crippen LogP contribution is 2.44. The van der Waals surface area contributed by atoms with Crippen LogP contribution in [0, 0.1) is 11.7 Å². The van der Waals surface area contributed by atoms with Gasteiger partial charge in [-0.05, 0) is 73.5 Å². The van der Waals surface area contributed by atoms with E-state index >= 15 is 0 Å². The molecule has 0 bridgehead atoms. The van der Waals surface area contributed by atoms with Gasteiger partial charge in [-0.2, -0.15) is 0 Å². The van der Waals surface area contributed by atoms with Crippen LogP contribution in [0.3, 0.4) is 0 Å². The number of hydrogen-bond donors (Lipinski definition) is 1. The number of amides is 1. The molecule has 0 unspecified atom stereocenters. The average Bonchev–Trinajstić information content (AvgIpc) is 2.80. The highest BCUT2D eigenvalue weighted by Gasteiger charge is 2.47. The molecule has 0 spiro atoms. The van der Waals surface area contributed by atoms with Crippen molar-refractivity contribution >= 4 is 17.5 Å². The molecular weight excluding hydrogens is 427 g/mol. The number of likely N-dealkylation sites (tertiary alicyclic amines) is 1. The highest BCUT2D eigenvalue weighted by molar-refractivity contribution is 6.30. The summed E-state index contributed by atoms with van der Waals surface area (Å²) in [5, 5.41) is 4.51. The Balaban J connectivity index is 1.53. The van der Waals surface area contributed by atoms with Crippen molar-refractivity contribution in [2.75, 3.05) is 26.8 Å². The van der Waals surface area contributed by atoms with Gasteiger partial charge in [-0.3, -0.25) is 4.79 Å². The minimum absolute atomic E-state index is 0.173. The van der Waals surface area contributed by atoms with Crippen molar-refractivity contribution in [3.8, 4) is 0 Å². The Labute approximate surface area is 195 Å². The van der Waals surface area contributed by atoms with E-state index in [1.165, 1.54) is 17.7 Å². The first-order valence-electron chi connectivity index (χ1n) is 11.6. The fraction of sp³-hybridized carbons (Fsp3) is 0.500. The molecule has 0 radical (unpaired) electrons. The monoisotopic (exact) mass is 458 g/mol. The van der Waals surface area contributed by atoms with Crippen LogP contribution < -0.4 is 5.32 Å². The number of methoxy groups -OCH3 is 1. The molecular formula is C26H32ClFN2O2. The number of ether oxygens (including phenoxy) is 1. The Kier molecular flexibility index (Phi) is 7.82. The van der Waals surface area contributed by atoms with Gasteiger partial charge in [0, 0.05) is 43.1 Å². The third-order valence-electron chi connectivity index (χ3n) is 7.07. The third kappa shape index (κ3) is 5.33. The lowest BCUT2D eigenvalue weighted by molar-refractivity contribution is -0.143. The molecule has 1 amide bonds. The molecule has 1 aliphatic heterocycles. The van der Waals surface area contributed by atoms with Gasteiger partial charge in [0.1, 0.15) is 5.82 Å². The number of nitrogens with zero attached hydrogens (tertiary/aromatic N) is 1. The maximum absolute atomic E-state index is 13.2. The molecule has 1 saturated carbocycles. The first-order chi connectivity index (χ1) is 15.6. The van der Waals surface area contributed by atoms with E-state index in [-0.39, 0.29) is 23.7 Å². The summed E-state index contributed by atoms with van der Waals surface area (Å²) in [6.45, 7) is 2.04. The predicted molar refractivity (Wildman–Crippen MR) is 125 cm³/mol. The van der Waals surface area contributed by atoms with Gasteiger partial charge >= 0.3 is 0 Å². The lowest BCUT2D eigenvalue weighted by Gasteiger charge is -2.51. The van der Waals surface area contributed by atoms with E-state index in [0.717, 1.165) is 37.8 Å². The number of benzene rings is 2. The van der Waals surface area contributed by atoms with E-state index in [2.05, 4.69) is 22.3 Å². The Hall–Kier alpha value is -1.95. The van der Waals surface area contributed by atoms with Gasteiger partial charge < -0.3 is 15.0 Å². The van der Waals surface area contributed by atoms with E-state index < -0.39 is 0 Å². The van der Waals surface area contributed by atoms with Crippen LogP contribution in [-0.2, 0) is 16.0 Å². The van der Waals surface area contributed by atoms with Crippen LogP contribution in [0.2, 0.25) is 5.02 Å². The van der Waals surface area contributed by atoms with Crippen LogP contribution in [0.15, 0.2) is 48.5 Å². The molecule has 172 valence electrons. The van der Waals surface area contributed by atoms with Gasteiger partial charge in [0.15, 0.2) is 0 Å². The van der Waals surface area contributed by atoms with Crippen LogP contribution in [-0.4, -0.2) is 49.7 Å². The van der Waals surface area contributed by atoms with Gasteiger partial charge in [-0.15, -0.1) is 0 Å². The zero-order valence-electron chi connectivity index (χ0n) is 18.6.